The lowest BCUT2D eigenvalue weighted by molar-refractivity contribution is 0.299. The van der Waals surface area contributed by atoms with E-state index in [0.717, 1.165) is 48.7 Å². The molecule has 1 aliphatic carbocycles. The highest BCUT2D eigenvalue weighted by atomic mass is 32.2. The van der Waals surface area contributed by atoms with Crippen LogP contribution >= 0.6 is 0 Å². The number of hydrogen-bond acceptors (Lipinski definition) is 3. The average molecular weight is 384 g/mol. The quantitative estimate of drug-likeness (QED) is 0.709. The molecular formula is C23H29NO2S. The zero-order valence-electron chi connectivity index (χ0n) is 16.4. The zero-order valence-corrected chi connectivity index (χ0v) is 17.2. The first kappa shape index (κ1) is 18.9. The molecule has 3 nitrogen and oxygen atoms in total. The van der Waals surface area contributed by atoms with Gasteiger partial charge in [0.1, 0.15) is 11.5 Å². The van der Waals surface area contributed by atoms with Gasteiger partial charge in [0.2, 0.25) is 0 Å². The number of methoxy groups -OCH3 is 1. The third-order valence-electron chi connectivity index (χ3n) is 6.05. The Kier molecular flexibility index (Phi) is 5.76. The van der Waals surface area contributed by atoms with Crippen LogP contribution in [0.3, 0.4) is 0 Å². The molecule has 144 valence electrons. The number of aryl methyl sites for hydroxylation is 1. The normalized spacial score (nSPS) is 21.2. The lowest BCUT2D eigenvalue weighted by Crippen LogP contribution is -2.28. The molecule has 0 bridgehead atoms. The minimum Gasteiger partial charge on any atom is -0.611 e. The molecule has 0 fully saturated rings. The summed E-state index contributed by atoms with van der Waals surface area (Å²) in [5.41, 5.74) is 5.55. The molecule has 0 radical (unpaired) electrons. The van der Waals surface area contributed by atoms with Crippen LogP contribution in [0.2, 0.25) is 0 Å². The third kappa shape index (κ3) is 4.03. The van der Waals surface area contributed by atoms with Gasteiger partial charge in [-0.05, 0) is 78.6 Å². The van der Waals surface area contributed by atoms with Crippen molar-refractivity contribution in [3.8, 4) is 5.75 Å². The zero-order chi connectivity index (χ0) is 18.8. The van der Waals surface area contributed by atoms with Gasteiger partial charge in [0.25, 0.3) is 0 Å². The molecule has 0 N–H and O–H groups in total. The van der Waals surface area contributed by atoms with Crippen LogP contribution in [-0.2, 0) is 30.4 Å². The summed E-state index contributed by atoms with van der Waals surface area (Å²) in [6.07, 6.45) is 5.65. The summed E-state index contributed by atoms with van der Waals surface area (Å²) in [7, 11) is 4.01. The fourth-order valence-electron chi connectivity index (χ4n) is 4.60. The van der Waals surface area contributed by atoms with Gasteiger partial charge >= 0.3 is 0 Å². The minimum atomic E-state index is -0.768. The van der Waals surface area contributed by atoms with Gasteiger partial charge in [-0.2, -0.15) is 0 Å². The van der Waals surface area contributed by atoms with Crippen LogP contribution in [0.15, 0.2) is 41.3 Å². The molecule has 0 amide bonds. The van der Waals surface area contributed by atoms with Gasteiger partial charge in [-0.1, -0.05) is 24.3 Å². The topological polar surface area (TPSA) is 35.5 Å². The summed E-state index contributed by atoms with van der Waals surface area (Å²) in [4.78, 5) is 3.52. The first-order chi connectivity index (χ1) is 13.2. The second-order valence-electron chi connectivity index (χ2n) is 7.87. The molecule has 4 rings (SSSR count). The van der Waals surface area contributed by atoms with Crippen molar-refractivity contribution in [3.63, 3.8) is 0 Å². The molecule has 2 aromatic rings. The Morgan fingerprint density at radius 3 is 2.96 bits per heavy atom. The monoisotopic (exact) mass is 383 g/mol. The minimum absolute atomic E-state index is 0.594. The predicted octanol–water partition coefficient (Wildman–Crippen LogP) is 3.95. The second-order valence-corrected chi connectivity index (χ2v) is 9.41. The Hall–Kier alpha value is -1.49. The van der Waals surface area contributed by atoms with Gasteiger partial charge < -0.3 is 14.2 Å². The van der Waals surface area contributed by atoms with E-state index in [1.807, 2.05) is 0 Å². The lowest BCUT2D eigenvalue weighted by Gasteiger charge is -2.30. The molecule has 0 saturated carbocycles. The SMILES string of the molecule is COc1cccc2c1CCC[C@H]2CN(C)CCc1ccc2c(c1)CC[S+]2[O-]. The van der Waals surface area contributed by atoms with Crippen LogP contribution in [0, 0.1) is 0 Å². The fraction of sp³-hybridized carbons (Fsp3) is 0.478. The van der Waals surface area contributed by atoms with Crippen LogP contribution in [0.25, 0.3) is 0 Å². The van der Waals surface area contributed by atoms with Gasteiger partial charge in [-0.3, -0.25) is 0 Å². The molecule has 1 unspecified atom stereocenters. The summed E-state index contributed by atoms with van der Waals surface area (Å²) in [5.74, 6) is 2.44. The number of benzene rings is 2. The highest BCUT2D eigenvalue weighted by molar-refractivity contribution is 7.91. The molecule has 0 spiro atoms. The maximum atomic E-state index is 11.9. The van der Waals surface area contributed by atoms with Crippen LogP contribution in [0.5, 0.6) is 5.75 Å². The summed E-state index contributed by atoms with van der Waals surface area (Å²) in [6.45, 7) is 2.15. The smallest absolute Gasteiger partial charge is 0.156 e. The summed E-state index contributed by atoms with van der Waals surface area (Å²) in [5, 5.41) is 0. The molecule has 2 aliphatic rings. The predicted molar refractivity (Wildman–Crippen MR) is 111 cm³/mol. The number of rotatable bonds is 6. The van der Waals surface area contributed by atoms with Gasteiger partial charge in [-0.25, -0.2) is 0 Å². The highest BCUT2D eigenvalue weighted by Gasteiger charge is 2.25. The van der Waals surface area contributed by atoms with Gasteiger partial charge in [0.05, 0.1) is 7.11 Å². The van der Waals surface area contributed by atoms with E-state index >= 15 is 0 Å². The molecule has 2 aromatic carbocycles. The number of fused-ring (bicyclic) bond motifs is 2. The van der Waals surface area contributed by atoms with Gasteiger partial charge in [0, 0.05) is 25.1 Å². The molecule has 0 aromatic heterocycles. The van der Waals surface area contributed by atoms with Gasteiger partial charge in [-0.15, -0.1) is 0 Å². The molecule has 4 heteroatoms. The van der Waals surface area contributed by atoms with Crippen molar-refractivity contribution in [2.75, 3.05) is 33.0 Å². The lowest BCUT2D eigenvalue weighted by atomic mass is 9.82. The molecule has 0 saturated heterocycles. The average Bonchev–Trinajstić information content (AvgIpc) is 3.06. The Labute approximate surface area is 165 Å². The Bertz CT molecular complexity index is 807. The molecule has 1 heterocycles. The third-order valence-corrected chi connectivity index (χ3v) is 7.51. The van der Waals surface area contributed by atoms with E-state index in [9.17, 15) is 4.55 Å². The maximum Gasteiger partial charge on any atom is 0.156 e. The van der Waals surface area contributed by atoms with E-state index in [-0.39, 0.29) is 0 Å². The van der Waals surface area contributed by atoms with E-state index in [4.69, 9.17) is 4.74 Å². The fourth-order valence-corrected chi connectivity index (χ4v) is 5.90. The van der Waals surface area contributed by atoms with E-state index < -0.39 is 11.2 Å². The number of ether oxygens (including phenoxy) is 1. The standard InChI is InChI=1S/C23H29NO2S/c1-24(13-11-17-9-10-23-18(15-17)12-14-27(23)25)16-19-5-3-7-21-20(19)6-4-8-22(21)26-2/h4,6,8-10,15,19H,3,5,7,11-14,16H2,1-2H3/t19-,27?/m0/s1. The Morgan fingerprint density at radius 1 is 1.22 bits per heavy atom. The summed E-state index contributed by atoms with van der Waals surface area (Å²) < 4.78 is 17.5. The number of nitrogens with zero attached hydrogens (tertiary/aromatic N) is 1. The number of likely N-dealkylation sites (N-methyl/N-ethyl adjacent to an activating group) is 1. The molecule has 1 aliphatic heterocycles. The highest BCUT2D eigenvalue weighted by Crippen LogP contribution is 2.37. The molecule has 2 atom stereocenters. The largest absolute Gasteiger partial charge is 0.611 e. The first-order valence-corrected chi connectivity index (χ1v) is 11.3. The number of hydrogen-bond donors (Lipinski definition) is 0. The van der Waals surface area contributed by atoms with Crippen molar-refractivity contribution in [1.82, 2.24) is 4.90 Å². The van der Waals surface area contributed by atoms with Crippen molar-refractivity contribution < 1.29 is 9.29 Å². The van der Waals surface area contributed by atoms with Crippen molar-refractivity contribution in [3.05, 3.63) is 58.7 Å². The van der Waals surface area contributed by atoms with Crippen LogP contribution in [-0.4, -0.2) is 42.5 Å². The van der Waals surface area contributed by atoms with E-state index in [1.165, 1.54) is 35.1 Å². The maximum absolute atomic E-state index is 11.9. The van der Waals surface area contributed by atoms with Crippen LogP contribution in [0.1, 0.15) is 41.0 Å². The van der Waals surface area contributed by atoms with Crippen LogP contribution in [0.4, 0.5) is 0 Å². The second kappa shape index (κ2) is 8.26. The van der Waals surface area contributed by atoms with E-state index in [2.05, 4.69) is 48.3 Å². The van der Waals surface area contributed by atoms with Gasteiger partial charge in [0.15, 0.2) is 4.90 Å². The van der Waals surface area contributed by atoms with Crippen molar-refractivity contribution in [1.29, 1.82) is 0 Å². The van der Waals surface area contributed by atoms with Crippen LogP contribution < -0.4 is 4.74 Å². The molecule has 27 heavy (non-hydrogen) atoms. The summed E-state index contributed by atoms with van der Waals surface area (Å²) >= 11 is -0.768. The van der Waals surface area contributed by atoms with Crippen molar-refractivity contribution >= 4 is 11.2 Å². The molecular weight excluding hydrogens is 354 g/mol. The Morgan fingerprint density at radius 2 is 2.11 bits per heavy atom. The van der Waals surface area contributed by atoms with Crippen molar-refractivity contribution in [2.45, 2.75) is 42.9 Å². The summed E-state index contributed by atoms with van der Waals surface area (Å²) in [6, 6.07) is 13.0. The Balaban J connectivity index is 1.38. The first-order valence-electron chi connectivity index (χ1n) is 10.00. The van der Waals surface area contributed by atoms with Crippen molar-refractivity contribution in [2.24, 2.45) is 0 Å². The van der Waals surface area contributed by atoms with E-state index in [1.54, 1.807) is 7.11 Å². The van der Waals surface area contributed by atoms with E-state index in [0.29, 0.717) is 5.92 Å².